The first-order valence-electron chi connectivity index (χ1n) is 7.44. The van der Waals surface area contributed by atoms with Crippen molar-refractivity contribution in [2.75, 3.05) is 40.4 Å². The molecule has 0 aromatic heterocycles. The molecule has 0 spiro atoms. The second-order valence-electron chi connectivity index (χ2n) is 5.20. The van der Waals surface area contributed by atoms with Gasteiger partial charge in [-0.15, -0.1) is 0 Å². The van der Waals surface area contributed by atoms with Crippen LogP contribution in [0.4, 0.5) is 0 Å². The van der Waals surface area contributed by atoms with Crippen LogP contribution >= 0.6 is 0 Å². The van der Waals surface area contributed by atoms with Gasteiger partial charge in [-0.3, -0.25) is 4.90 Å². The Bertz CT molecular complexity index is 417. The van der Waals surface area contributed by atoms with Gasteiger partial charge in [-0.05, 0) is 24.5 Å². The first kappa shape index (κ1) is 15.1. The van der Waals surface area contributed by atoms with Crippen LogP contribution in [-0.4, -0.2) is 51.3 Å². The zero-order valence-corrected chi connectivity index (χ0v) is 12.8. The minimum Gasteiger partial charge on any atom is -0.493 e. The summed E-state index contributed by atoms with van der Waals surface area (Å²) in [6, 6.07) is 6.71. The van der Waals surface area contributed by atoms with Crippen LogP contribution in [0.25, 0.3) is 0 Å². The molecule has 1 aliphatic heterocycles. The molecule has 1 unspecified atom stereocenters. The summed E-state index contributed by atoms with van der Waals surface area (Å²) in [4.78, 5) is 2.58. The topological polar surface area (TPSA) is 33.7 Å². The Morgan fingerprint density at radius 1 is 1.20 bits per heavy atom. The molecule has 0 amide bonds. The van der Waals surface area contributed by atoms with E-state index in [9.17, 15) is 0 Å². The summed E-state index contributed by atoms with van der Waals surface area (Å²) in [7, 11) is 3.41. The van der Waals surface area contributed by atoms with Crippen LogP contribution in [0.5, 0.6) is 11.5 Å². The van der Waals surface area contributed by atoms with Crippen molar-refractivity contribution in [1.29, 1.82) is 0 Å². The van der Waals surface area contributed by atoms with E-state index < -0.39 is 0 Å². The minimum atomic E-state index is 0.568. The maximum Gasteiger partial charge on any atom is 0.163 e. The Labute approximate surface area is 122 Å². The minimum absolute atomic E-state index is 0.568. The monoisotopic (exact) mass is 278 g/mol. The highest BCUT2D eigenvalue weighted by atomic mass is 16.5. The molecule has 1 fully saturated rings. The fourth-order valence-corrected chi connectivity index (χ4v) is 2.95. The quantitative estimate of drug-likeness (QED) is 0.862. The van der Waals surface area contributed by atoms with Gasteiger partial charge in [0.05, 0.1) is 14.2 Å². The number of nitrogens with one attached hydrogen (secondary N) is 1. The Hall–Kier alpha value is -1.26. The smallest absolute Gasteiger partial charge is 0.163 e. The summed E-state index contributed by atoms with van der Waals surface area (Å²) in [6.45, 7) is 6.70. The van der Waals surface area contributed by atoms with Crippen molar-refractivity contribution in [1.82, 2.24) is 10.2 Å². The van der Waals surface area contributed by atoms with Crippen LogP contribution < -0.4 is 14.8 Å². The molecule has 0 bridgehead atoms. The van der Waals surface area contributed by atoms with Gasteiger partial charge < -0.3 is 14.8 Å². The number of ether oxygens (including phenoxy) is 2. The van der Waals surface area contributed by atoms with E-state index in [2.05, 4.69) is 23.2 Å². The molecule has 2 rings (SSSR count). The maximum absolute atomic E-state index is 5.54. The molecular weight excluding hydrogens is 252 g/mol. The van der Waals surface area contributed by atoms with Gasteiger partial charge in [0, 0.05) is 32.2 Å². The molecule has 0 saturated carbocycles. The lowest BCUT2D eigenvalue weighted by atomic mass is 10.0. The van der Waals surface area contributed by atoms with Gasteiger partial charge in [0.1, 0.15) is 0 Å². The van der Waals surface area contributed by atoms with Crippen LogP contribution in [-0.2, 0) is 6.42 Å². The predicted octanol–water partition coefficient (Wildman–Crippen LogP) is 1.93. The van der Waals surface area contributed by atoms with Crippen molar-refractivity contribution < 1.29 is 9.47 Å². The average molecular weight is 278 g/mol. The number of para-hydroxylation sites is 1. The standard InChI is InChI=1S/C16H26N2O2/c1-4-14(18-10-8-17-9-11-18)12-13-6-5-7-15(19-2)16(13)20-3/h5-7,14,17H,4,8-12H2,1-3H3. The molecule has 1 aliphatic rings. The number of rotatable bonds is 6. The van der Waals surface area contributed by atoms with E-state index in [1.54, 1.807) is 14.2 Å². The summed E-state index contributed by atoms with van der Waals surface area (Å²) >= 11 is 0. The van der Waals surface area contributed by atoms with Crippen molar-refractivity contribution in [2.24, 2.45) is 0 Å². The second kappa shape index (κ2) is 7.50. The first-order valence-corrected chi connectivity index (χ1v) is 7.44. The highest BCUT2D eigenvalue weighted by Gasteiger charge is 2.21. The van der Waals surface area contributed by atoms with Gasteiger partial charge in [-0.2, -0.15) is 0 Å². The predicted molar refractivity (Wildman–Crippen MR) is 81.8 cm³/mol. The second-order valence-corrected chi connectivity index (χ2v) is 5.20. The number of benzene rings is 1. The first-order chi connectivity index (χ1) is 9.80. The number of nitrogens with zero attached hydrogens (tertiary/aromatic N) is 1. The van der Waals surface area contributed by atoms with Crippen LogP contribution in [0.3, 0.4) is 0 Å². The van der Waals surface area contributed by atoms with Gasteiger partial charge in [-0.1, -0.05) is 19.1 Å². The van der Waals surface area contributed by atoms with Gasteiger partial charge in [-0.25, -0.2) is 0 Å². The van der Waals surface area contributed by atoms with Crippen LogP contribution in [0, 0.1) is 0 Å². The van der Waals surface area contributed by atoms with Crippen LogP contribution in [0.15, 0.2) is 18.2 Å². The maximum atomic E-state index is 5.54. The summed E-state index contributed by atoms with van der Waals surface area (Å²) in [5, 5.41) is 3.41. The molecule has 1 N–H and O–H groups in total. The van der Waals surface area contributed by atoms with Crippen LogP contribution in [0.1, 0.15) is 18.9 Å². The summed E-state index contributed by atoms with van der Waals surface area (Å²) in [5.41, 5.74) is 1.23. The van der Waals surface area contributed by atoms with Crippen molar-refractivity contribution in [2.45, 2.75) is 25.8 Å². The third kappa shape index (κ3) is 3.44. The molecule has 0 aliphatic carbocycles. The normalized spacial score (nSPS) is 17.8. The van der Waals surface area contributed by atoms with Gasteiger partial charge >= 0.3 is 0 Å². The molecule has 1 aromatic rings. The van der Waals surface area contributed by atoms with Crippen molar-refractivity contribution in [3.05, 3.63) is 23.8 Å². The Morgan fingerprint density at radius 2 is 1.95 bits per heavy atom. The lowest BCUT2D eigenvalue weighted by molar-refractivity contribution is 0.166. The average Bonchev–Trinajstić information content (AvgIpc) is 2.52. The number of hydrogen-bond acceptors (Lipinski definition) is 4. The van der Waals surface area contributed by atoms with E-state index in [0.29, 0.717) is 6.04 Å². The molecule has 4 nitrogen and oxygen atoms in total. The van der Waals surface area contributed by atoms with Crippen molar-refractivity contribution in [3.8, 4) is 11.5 Å². The zero-order chi connectivity index (χ0) is 14.4. The zero-order valence-electron chi connectivity index (χ0n) is 12.8. The number of piperazine rings is 1. The Balaban J connectivity index is 2.14. The van der Waals surface area contributed by atoms with E-state index >= 15 is 0 Å². The van der Waals surface area contributed by atoms with E-state index in [-0.39, 0.29) is 0 Å². The number of hydrogen-bond donors (Lipinski definition) is 1. The molecular formula is C16H26N2O2. The van der Waals surface area contributed by atoms with Crippen LogP contribution in [0.2, 0.25) is 0 Å². The summed E-state index contributed by atoms with van der Waals surface area (Å²) in [6.07, 6.45) is 2.16. The van der Waals surface area contributed by atoms with Gasteiger partial charge in [0.25, 0.3) is 0 Å². The van der Waals surface area contributed by atoms with E-state index in [4.69, 9.17) is 9.47 Å². The lowest BCUT2D eigenvalue weighted by Crippen LogP contribution is -2.48. The van der Waals surface area contributed by atoms with E-state index in [0.717, 1.165) is 50.5 Å². The fraction of sp³-hybridized carbons (Fsp3) is 0.625. The summed E-state index contributed by atoms with van der Waals surface area (Å²) < 4.78 is 10.9. The highest BCUT2D eigenvalue weighted by Crippen LogP contribution is 2.32. The third-order valence-corrected chi connectivity index (χ3v) is 4.08. The van der Waals surface area contributed by atoms with Gasteiger partial charge in [0.2, 0.25) is 0 Å². The molecule has 1 atom stereocenters. The lowest BCUT2D eigenvalue weighted by Gasteiger charge is -2.34. The Morgan fingerprint density at radius 3 is 2.55 bits per heavy atom. The Kier molecular flexibility index (Phi) is 5.68. The molecule has 20 heavy (non-hydrogen) atoms. The highest BCUT2D eigenvalue weighted by molar-refractivity contribution is 5.46. The third-order valence-electron chi connectivity index (χ3n) is 4.08. The summed E-state index contributed by atoms with van der Waals surface area (Å²) in [5.74, 6) is 1.70. The van der Waals surface area contributed by atoms with Crippen molar-refractivity contribution in [3.63, 3.8) is 0 Å². The van der Waals surface area contributed by atoms with E-state index in [1.165, 1.54) is 5.56 Å². The van der Waals surface area contributed by atoms with Crippen molar-refractivity contribution >= 4 is 0 Å². The number of methoxy groups -OCH3 is 2. The van der Waals surface area contributed by atoms with Gasteiger partial charge in [0.15, 0.2) is 11.5 Å². The molecule has 112 valence electrons. The fourth-order valence-electron chi connectivity index (χ4n) is 2.95. The molecule has 0 radical (unpaired) electrons. The molecule has 1 aromatic carbocycles. The van der Waals surface area contributed by atoms with E-state index in [1.807, 2.05) is 12.1 Å². The largest absolute Gasteiger partial charge is 0.493 e. The molecule has 1 heterocycles. The molecule has 4 heteroatoms. The SMILES string of the molecule is CCC(Cc1cccc(OC)c1OC)N1CCNCC1. The molecule has 1 saturated heterocycles.